The smallest absolute Gasteiger partial charge is 0.134 e. The summed E-state index contributed by atoms with van der Waals surface area (Å²) in [6, 6.07) is 2.35. The van der Waals surface area contributed by atoms with E-state index in [1.54, 1.807) is 0 Å². The Morgan fingerprint density at radius 2 is 2.06 bits per heavy atom. The molecule has 4 nitrogen and oxygen atoms in total. The fourth-order valence-electron chi connectivity index (χ4n) is 1.83. The van der Waals surface area contributed by atoms with Gasteiger partial charge in [0.2, 0.25) is 0 Å². The Morgan fingerprint density at radius 3 is 2.59 bits per heavy atom. The molecule has 96 valence electrons. The standard InChI is InChI=1S/C13H24N4/c1-5-7-8-17(10(3)6-2)13-9-12(14)15-11(4)16-13/h9-10H,5-8H2,1-4H3,(H2,14,15,16). The summed E-state index contributed by atoms with van der Waals surface area (Å²) in [5.41, 5.74) is 5.79. The summed E-state index contributed by atoms with van der Waals surface area (Å²) in [5, 5.41) is 0. The van der Waals surface area contributed by atoms with Gasteiger partial charge in [0, 0.05) is 18.7 Å². The molecule has 1 aromatic heterocycles. The Bertz CT molecular complexity index is 331. The van der Waals surface area contributed by atoms with Gasteiger partial charge >= 0.3 is 0 Å². The summed E-state index contributed by atoms with van der Waals surface area (Å²) >= 11 is 0. The van der Waals surface area contributed by atoms with Gasteiger partial charge in [-0.25, -0.2) is 9.97 Å². The van der Waals surface area contributed by atoms with Crippen LogP contribution in [0.5, 0.6) is 0 Å². The normalized spacial score (nSPS) is 12.5. The van der Waals surface area contributed by atoms with E-state index in [0.717, 1.165) is 24.6 Å². The maximum atomic E-state index is 5.79. The number of nitrogens with two attached hydrogens (primary N) is 1. The number of anilines is 2. The van der Waals surface area contributed by atoms with Crippen molar-refractivity contribution in [1.82, 2.24) is 9.97 Å². The van der Waals surface area contributed by atoms with Crippen molar-refractivity contribution in [2.75, 3.05) is 17.2 Å². The van der Waals surface area contributed by atoms with E-state index in [4.69, 9.17) is 5.73 Å². The van der Waals surface area contributed by atoms with Crippen molar-refractivity contribution >= 4 is 11.6 Å². The quantitative estimate of drug-likeness (QED) is 0.825. The van der Waals surface area contributed by atoms with E-state index >= 15 is 0 Å². The first-order chi connectivity index (χ1) is 8.08. The zero-order valence-electron chi connectivity index (χ0n) is 11.4. The van der Waals surface area contributed by atoms with Gasteiger partial charge in [-0.15, -0.1) is 0 Å². The molecule has 0 aliphatic carbocycles. The van der Waals surface area contributed by atoms with Gasteiger partial charge in [0.25, 0.3) is 0 Å². The van der Waals surface area contributed by atoms with Gasteiger partial charge in [0.1, 0.15) is 17.5 Å². The third-order valence-corrected chi connectivity index (χ3v) is 3.01. The van der Waals surface area contributed by atoms with Crippen LogP contribution < -0.4 is 10.6 Å². The number of hydrogen-bond donors (Lipinski definition) is 1. The average molecular weight is 236 g/mol. The topological polar surface area (TPSA) is 55.0 Å². The molecule has 17 heavy (non-hydrogen) atoms. The molecule has 0 aliphatic rings. The summed E-state index contributed by atoms with van der Waals surface area (Å²) in [4.78, 5) is 10.9. The van der Waals surface area contributed by atoms with E-state index in [1.165, 1.54) is 12.8 Å². The highest BCUT2D eigenvalue weighted by atomic mass is 15.2. The fraction of sp³-hybridized carbons (Fsp3) is 0.692. The van der Waals surface area contributed by atoms with E-state index in [1.807, 2.05) is 13.0 Å². The second-order valence-electron chi connectivity index (χ2n) is 4.50. The number of nitrogen functional groups attached to an aromatic ring is 1. The van der Waals surface area contributed by atoms with Gasteiger partial charge in [0.05, 0.1) is 0 Å². The Hall–Kier alpha value is -1.32. The number of aromatic nitrogens is 2. The lowest BCUT2D eigenvalue weighted by atomic mass is 10.2. The van der Waals surface area contributed by atoms with Gasteiger partial charge in [-0.2, -0.15) is 0 Å². The largest absolute Gasteiger partial charge is 0.384 e. The van der Waals surface area contributed by atoms with E-state index in [9.17, 15) is 0 Å². The van der Waals surface area contributed by atoms with Crippen LogP contribution in [0.4, 0.5) is 11.6 Å². The maximum Gasteiger partial charge on any atom is 0.134 e. The highest BCUT2D eigenvalue weighted by Crippen LogP contribution is 2.18. The van der Waals surface area contributed by atoms with Crippen molar-refractivity contribution in [2.24, 2.45) is 0 Å². The number of rotatable bonds is 6. The zero-order valence-corrected chi connectivity index (χ0v) is 11.4. The molecule has 1 aromatic rings. The maximum absolute atomic E-state index is 5.79. The molecule has 1 unspecified atom stereocenters. The van der Waals surface area contributed by atoms with E-state index < -0.39 is 0 Å². The Balaban J connectivity index is 2.94. The van der Waals surface area contributed by atoms with E-state index in [-0.39, 0.29) is 0 Å². The SMILES string of the molecule is CCCCN(c1cc(N)nc(C)n1)C(C)CC. The number of nitrogens with zero attached hydrogens (tertiary/aromatic N) is 3. The lowest BCUT2D eigenvalue weighted by Gasteiger charge is -2.29. The van der Waals surface area contributed by atoms with E-state index in [2.05, 4.69) is 35.6 Å². The second-order valence-corrected chi connectivity index (χ2v) is 4.50. The van der Waals surface area contributed by atoms with Crippen molar-refractivity contribution in [3.63, 3.8) is 0 Å². The Morgan fingerprint density at radius 1 is 1.35 bits per heavy atom. The third-order valence-electron chi connectivity index (χ3n) is 3.01. The molecule has 0 aliphatic heterocycles. The molecular weight excluding hydrogens is 212 g/mol. The molecule has 0 saturated carbocycles. The average Bonchev–Trinajstić information content (AvgIpc) is 2.28. The Kier molecular flexibility index (Phi) is 5.19. The summed E-state index contributed by atoms with van der Waals surface area (Å²) in [6.45, 7) is 9.54. The Labute approximate surface area is 104 Å². The number of aryl methyl sites for hydroxylation is 1. The van der Waals surface area contributed by atoms with Crippen LogP contribution in [-0.2, 0) is 0 Å². The van der Waals surface area contributed by atoms with E-state index in [0.29, 0.717) is 11.9 Å². The molecule has 0 fully saturated rings. The van der Waals surface area contributed by atoms with Crippen molar-refractivity contribution < 1.29 is 0 Å². The molecule has 0 bridgehead atoms. The van der Waals surface area contributed by atoms with Crippen molar-refractivity contribution in [3.8, 4) is 0 Å². The molecular formula is C13H24N4. The summed E-state index contributed by atoms with van der Waals surface area (Å²) in [7, 11) is 0. The van der Waals surface area contributed by atoms with Crippen LogP contribution in [-0.4, -0.2) is 22.6 Å². The van der Waals surface area contributed by atoms with Gasteiger partial charge in [-0.05, 0) is 26.7 Å². The monoisotopic (exact) mass is 236 g/mol. The van der Waals surface area contributed by atoms with Gasteiger partial charge < -0.3 is 10.6 Å². The predicted molar refractivity (Wildman–Crippen MR) is 73.2 cm³/mol. The predicted octanol–water partition coefficient (Wildman–Crippen LogP) is 2.77. The zero-order chi connectivity index (χ0) is 12.8. The van der Waals surface area contributed by atoms with Crippen LogP contribution in [0.15, 0.2) is 6.07 Å². The highest BCUT2D eigenvalue weighted by molar-refractivity contribution is 5.47. The molecule has 0 radical (unpaired) electrons. The van der Waals surface area contributed by atoms with Gasteiger partial charge in [-0.3, -0.25) is 0 Å². The highest BCUT2D eigenvalue weighted by Gasteiger charge is 2.14. The lowest BCUT2D eigenvalue weighted by molar-refractivity contribution is 0.588. The molecule has 2 N–H and O–H groups in total. The molecule has 0 spiro atoms. The summed E-state index contributed by atoms with van der Waals surface area (Å²) in [5.74, 6) is 2.25. The van der Waals surface area contributed by atoms with Crippen molar-refractivity contribution in [3.05, 3.63) is 11.9 Å². The van der Waals surface area contributed by atoms with Crippen LogP contribution in [0.3, 0.4) is 0 Å². The van der Waals surface area contributed by atoms with Crippen LogP contribution in [0.25, 0.3) is 0 Å². The van der Waals surface area contributed by atoms with Crippen LogP contribution >= 0.6 is 0 Å². The van der Waals surface area contributed by atoms with Crippen LogP contribution in [0, 0.1) is 6.92 Å². The minimum atomic E-state index is 0.482. The molecule has 1 rings (SSSR count). The van der Waals surface area contributed by atoms with Crippen molar-refractivity contribution in [1.29, 1.82) is 0 Å². The van der Waals surface area contributed by atoms with Crippen molar-refractivity contribution in [2.45, 2.75) is 53.0 Å². The molecule has 1 atom stereocenters. The first-order valence-electron chi connectivity index (χ1n) is 6.46. The minimum absolute atomic E-state index is 0.482. The first-order valence-corrected chi connectivity index (χ1v) is 6.46. The fourth-order valence-corrected chi connectivity index (χ4v) is 1.83. The van der Waals surface area contributed by atoms with Gasteiger partial charge in [0.15, 0.2) is 0 Å². The van der Waals surface area contributed by atoms with Crippen LogP contribution in [0.1, 0.15) is 45.9 Å². The molecule has 4 heteroatoms. The number of unbranched alkanes of at least 4 members (excludes halogenated alkanes) is 1. The third kappa shape index (κ3) is 3.88. The first kappa shape index (κ1) is 13.7. The molecule has 1 heterocycles. The molecule has 0 amide bonds. The van der Waals surface area contributed by atoms with Gasteiger partial charge in [-0.1, -0.05) is 20.3 Å². The molecule has 0 aromatic carbocycles. The van der Waals surface area contributed by atoms with Crippen LogP contribution in [0.2, 0.25) is 0 Å². The minimum Gasteiger partial charge on any atom is -0.384 e. The molecule has 0 saturated heterocycles. The second kappa shape index (κ2) is 6.42. The summed E-state index contributed by atoms with van der Waals surface area (Å²) < 4.78 is 0. The number of hydrogen-bond acceptors (Lipinski definition) is 4. The lowest BCUT2D eigenvalue weighted by Crippen LogP contribution is -2.34. The summed E-state index contributed by atoms with van der Waals surface area (Å²) in [6.07, 6.45) is 3.46.